The number of rotatable bonds is 5. The highest BCUT2D eigenvalue weighted by molar-refractivity contribution is 6.14. The van der Waals surface area contributed by atoms with Gasteiger partial charge in [0.05, 0.1) is 29.7 Å². The molecule has 0 saturated carbocycles. The van der Waals surface area contributed by atoms with E-state index in [0.29, 0.717) is 12.5 Å². The Kier molecular flexibility index (Phi) is 5.30. The van der Waals surface area contributed by atoms with Crippen molar-refractivity contribution >= 4 is 11.5 Å². The van der Waals surface area contributed by atoms with E-state index in [1.165, 1.54) is 5.56 Å². The fraction of sp³-hybridized carbons (Fsp3) is 0.522. The SMILES string of the molecule is CC(C)Oc1ccc2c(c1)C(c1cc(N3CCC(C(C)(C)O)CC3)ncn1)=NC2. The van der Waals surface area contributed by atoms with E-state index in [2.05, 4.69) is 27.0 Å². The molecule has 0 radical (unpaired) electrons. The smallest absolute Gasteiger partial charge is 0.132 e. The maximum absolute atomic E-state index is 10.3. The lowest BCUT2D eigenvalue weighted by Crippen LogP contribution is -2.42. The van der Waals surface area contributed by atoms with Crippen molar-refractivity contribution in [1.29, 1.82) is 0 Å². The van der Waals surface area contributed by atoms with Crippen molar-refractivity contribution in [3.8, 4) is 5.75 Å². The third-order valence-corrected chi connectivity index (χ3v) is 5.83. The quantitative estimate of drug-likeness (QED) is 0.839. The van der Waals surface area contributed by atoms with Gasteiger partial charge in [-0.2, -0.15) is 0 Å². The number of fused-ring (bicyclic) bond motifs is 1. The topological polar surface area (TPSA) is 70.8 Å². The Bertz CT molecular complexity index is 909. The van der Waals surface area contributed by atoms with Gasteiger partial charge in [-0.05, 0) is 64.2 Å². The highest BCUT2D eigenvalue weighted by Gasteiger charge is 2.31. The van der Waals surface area contributed by atoms with E-state index in [4.69, 9.17) is 9.73 Å². The van der Waals surface area contributed by atoms with Crippen LogP contribution in [-0.4, -0.2) is 45.6 Å². The molecular weight excluding hydrogens is 364 g/mol. The van der Waals surface area contributed by atoms with E-state index in [1.54, 1.807) is 6.33 Å². The largest absolute Gasteiger partial charge is 0.491 e. The van der Waals surface area contributed by atoms with Crippen LogP contribution in [0.5, 0.6) is 5.75 Å². The molecule has 1 N–H and O–H groups in total. The Morgan fingerprint density at radius 1 is 1.14 bits per heavy atom. The third-order valence-electron chi connectivity index (χ3n) is 5.83. The number of benzene rings is 1. The summed E-state index contributed by atoms with van der Waals surface area (Å²) in [7, 11) is 0. The van der Waals surface area contributed by atoms with Gasteiger partial charge in [0.2, 0.25) is 0 Å². The molecule has 0 spiro atoms. The molecule has 1 aromatic carbocycles. The second kappa shape index (κ2) is 7.75. The Hall–Kier alpha value is -2.47. The zero-order chi connectivity index (χ0) is 20.6. The van der Waals surface area contributed by atoms with Crippen molar-refractivity contribution in [3.05, 3.63) is 47.4 Å². The molecule has 2 aliphatic rings. The molecular formula is C23H30N4O2. The summed E-state index contributed by atoms with van der Waals surface area (Å²) in [4.78, 5) is 16.0. The van der Waals surface area contributed by atoms with Crippen molar-refractivity contribution in [2.75, 3.05) is 18.0 Å². The standard InChI is InChI=1S/C23H30N4O2/c1-15(2)29-18-6-5-16-13-24-22(19(16)11-18)20-12-21(26-14-25-20)27-9-7-17(8-10-27)23(3,4)28/h5-6,11-12,14-15,17,28H,7-10,13H2,1-4H3. The van der Waals surface area contributed by atoms with Crippen LogP contribution in [0.2, 0.25) is 0 Å². The lowest BCUT2D eigenvalue weighted by molar-refractivity contribution is 0.00645. The molecule has 1 aromatic heterocycles. The molecule has 0 atom stereocenters. The maximum Gasteiger partial charge on any atom is 0.132 e. The van der Waals surface area contributed by atoms with Crippen LogP contribution >= 0.6 is 0 Å². The van der Waals surface area contributed by atoms with E-state index in [1.807, 2.05) is 39.8 Å². The minimum atomic E-state index is -0.624. The number of aromatic nitrogens is 2. The van der Waals surface area contributed by atoms with Crippen molar-refractivity contribution in [2.24, 2.45) is 10.9 Å². The number of hydrogen-bond donors (Lipinski definition) is 1. The number of nitrogens with zero attached hydrogens (tertiary/aromatic N) is 4. The van der Waals surface area contributed by atoms with Crippen LogP contribution in [0.15, 0.2) is 35.6 Å². The molecule has 29 heavy (non-hydrogen) atoms. The summed E-state index contributed by atoms with van der Waals surface area (Å²) in [5, 5.41) is 10.3. The van der Waals surface area contributed by atoms with Gasteiger partial charge in [-0.3, -0.25) is 4.99 Å². The zero-order valence-electron chi connectivity index (χ0n) is 17.7. The fourth-order valence-electron chi connectivity index (χ4n) is 4.19. The van der Waals surface area contributed by atoms with Crippen LogP contribution in [-0.2, 0) is 6.54 Å². The van der Waals surface area contributed by atoms with E-state index in [0.717, 1.165) is 54.5 Å². The Balaban J connectivity index is 1.54. The molecule has 0 bridgehead atoms. The second-order valence-corrected chi connectivity index (χ2v) is 8.83. The van der Waals surface area contributed by atoms with E-state index in [-0.39, 0.29) is 6.10 Å². The first-order chi connectivity index (χ1) is 13.8. The average Bonchev–Trinajstić information content (AvgIpc) is 3.10. The molecule has 0 unspecified atom stereocenters. The van der Waals surface area contributed by atoms with Crippen LogP contribution < -0.4 is 9.64 Å². The van der Waals surface area contributed by atoms with Crippen molar-refractivity contribution in [2.45, 2.75) is 58.8 Å². The summed E-state index contributed by atoms with van der Waals surface area (Å²) in [5.74, 6) is 2.11. The highest BCUT2D eigenvalue weighted by atomic mass is 16.5. The predicted octanol–water partition coefficient (Wildman–Crippen LogP) is 3.60. The highest BCUT2D eigenvalue weighted by Crippen LogP contribution is 2.31. The Morgan fingerprint density at radius 2 is 1.90 bits per heavy atom. The predicted molar refractivity (Wildman–Crippen MR) is 115 cm³/mol. The van der Waals surface area contributed by atoms with E-state index < -0.39 is 5.60 Å². The van der Waals surface area contributed by atoms with Crippen LogP contribution in [0.3, 0.4) is 0 Å². The van der Waals surface area contributed by atoms with Crippen LogP contribution in [0.25, 0.3) is 0 Å². The van der Waals surface area contributed by atoms with Gasteiger partial charge in [0, 0.05) is 24.7 Å². The van der Waals surface area contributed by atoms with Crippen LogP contribution in [0.1, 0.15) is 57.4 Å². The number of piperidine rings is 1. The number of aliphatic hydroxyl groups is 1. The Morgan fingerprint density at radius 3 is 2.59 bits per heavy atom. The number of hydrogen-bond acceptors (Lipinski definition) is 6. The Labute approximate surface area is 172 Å². The number of anilines is 1. The first kappa shape index (κ1) is 19.8. The lowest BCUT2D eigenvalue weighted by atomic mass is 9.83. The molecule has 6 heteroatoms. The molecule has 6 nitrogen and oxygen atoms in total. The van der Waals surface area contributed by atoms with Gasteiger partial charge in [0.1, 0.15) is 17.9 Å². The minimum Gasteiger partial charge on any atom is -0.491 e. The molecule has 3 heterocycles. The summed E-state index contributed by atoms with van der Waals surface area (Å²) in [6, 6.07) is 8.20. The first-order valence-electron chi connectivity index (χ1n) is 10.5. The zero-order valence-corrected chi connectivity index (χ0v) is 17.7. The second-order valence-electron chi connectivity index (χ2n) is 8.83. The summed E-state index contributed by atoms with van der Waals surface area (Å²) >= 11 is 0. The third kappa shape index (κ3) is 4.27. The number of ether oxygens (including phenoxy) is 1. The molecule has 2 aliphatic heterocycles. The monoisotopic (exact) mass is 394 g/mol. The van der Waals surface area contributed by atoms with Gasteiger partial charge < -0.3 is 14.7 Å². The summed E-state index contributed by atoms with van der Waals surface area (Å²) in [6.07, 6.45) is 3.68. The van der Waals surface area contributed by atoms with Crippen molar-refractivity contribution < 1.29 is 9.84 Å². The summed E-state index contributed by atoms with van der Waals surface area (Å²) in [6.45, 7) is 10.3. The van der Waals surface area contributed by atoms with Crippen LogP contribution in [0, 0.1) is 5.92 Å². The van der Waals surface area contributed by atoms with Crippen molar-refractivity contribution in [3.63, 3.8) is 0 Å². The van der Waals surface area contributed by atoms with Gasteiger partial charge in [-0.25, -0.2) is 9.97 Å². The normalized spacial score (nSPS) is 17.4. The number of aliphatic imine (C=N–C) groups is 1. The van der Waals surface area contributed by atoms with Crippen molar-refractivity contribution in [1.82, 2.24) is 9.97 Å². The molecule has 1 fully saturated rings. The summed E-state index contributed by atoms with van der Waals surface area (Å²) in [5.41, 5.74) is 3.42. The molecule has 4 rings (SSSR count). The molecule has 2 aromatic rings. The molecule has 0 aliphatic carbocycles. The first-order valence-corrected chi connectivity index (χ1v) is 10.5. The van der Waals surface area contributed by atoms with Gasteiger partial charge in [0.15, 0.2) is 0 Å². The van der Waals surface area contributed by atoms with Gasteiger partial charge in [-0.1, -0.05) is 6.07 Å². The fourth-order valence-corrected chi connectivity index (χ4v) is 4.19. The van der Waals surface area contributed by atoms with E-state index >= 15 is 0 Å². The van der Waals surface area contributed by atoms with E-state index in [9.17, 15) is 5.11 Å². The molecule has 1 saturated heterocycles. The average molecular weight is 395 g/mol. The summed E-state index contributed by atoms with van der Waals surface area (Å²) < 4.78 is 5.86. The molecule has 0 amide bonds. The van der Waals surface area contributed by atoms with Gasteiger partial charge in [0.25, 0.3) is 0 Å². The van der Waals surface area contributed by atoms with Crippen LogP contribution in [0.4, 0.5) is 5.82 Å². The minimum absolute atomic E-state index is 0.132. The molecule has 154 valence electrons. The van der Waals surface area contributed by atoms with Gasteiger partial charge >= 0.3 is 0 Å². The maximum atomic E-state index is 10.3. The lowest BCUT2D eigenvalue weighted by Gasteiger charge is -2.38. The van der Waals surface area contributed by atoms with Gasteiger partial charge in [-0.15, -0.1) is 0 Å².